The summed E-state index contributed by atoms with van der Waals surface area (Å²) in [7, 11) is 0. The molecule has 0 saturated heterocycles. The molecule has 2 nitrogen and oxygen atoms in total. The monoisotopic (exact) mass is 356 g/mol. The maximum absolute atomic E-state index is 9.30. The molecule has 2 heteroatoms. The second-order valence-electron chi connectivity index (χ2n) is 8.11. The van der Waals surface area contributed by atoms with Gasteiger partial charge in [0.25, 0.3) is 0 Å². The van der Waals surface area contributed by atoms with Crippen molar-refractivity contribution in [1.82, 2.24) is 0 Å². The Morgan fingerprint density at radius 3 is 1.28 bits per heavy atom. The van der Waals surface area contributed by atoms with Crippen LogP contribution in [0.4, 0.5) is 0 Å². The molecule has 0 aliphatic rings. The highest BCUT2D eigenvalue weighted by molar-refractivity contribution is 4.71. The summed E-state index contributed by atoms with van der Waals surface area (Å²) in [6, 6.07) is 0. The van der Waals surface area contributed by atoms with Gasteiger partial charge in [0.2, 0.25) is 0 Å². The summed E-state index contributed by atoms with van der Waals surface area (Å²) in [5.41, 5.74) is -0.324. The summed E-state index contributed by atoms with van der Waals surface area (Å²) >= 11 is 0. The average molecular weight is 357 g/mol. The molecule has 0 spiro atoms. The number of aliphatic hydroxyl groups excluding tert-OH is 1. The van der Waals surface area contributed by atoms with Crippen LogP contribution in [0, 0.1) is 0 Å². The van der Waals surface area contributed by atoms with E-state index >= 15 is 0 Å². The molecule has 152 valence electrons. The van der Waals surface area contributed by atoms with Crippen LogP contribution >= 0.6 is 0 Å². The Morgan fingerprint density at radius 1 is 0.600 bits per heavy atom. The predicted molar refractivity (Wildman–Crippen MR) is 111 cm³/mol. The van der Waals surface area contributed by atoms with E-state index in [0.717, 1.165) is 19.4 Å². The summed E-state index contributed by atoms with van der Waals surface area (Å²) < 4.78 is 5.80. The van der Waals surface area contributed by atoms with E-state index in [2.05, 4.69) is 13.8 Å². The zero-order valence-corrected chi connectivity index (χ0v) is 17.8. The van der Waals surface area contributed by atoms with Crippen LogP contribution in [-0.4, -0.2) is 23.9 Å². The molecule has 0 aliphatic carbocycles. The summed E-state index contributed by atoms with van der Waals surface area (Å²) in [4.78, 5) is 0. The fraction of sp³-hybridized carbons (Fsp3) is 1.00. The van der Waals surface area contributed by atoms with Crippen LogP contribution < -0.4 is 0 Å². The molecule has 0 amide bonds. The van der Waals surface area contributed by atoms with Crippen molar-refractivity contribution in [1.29, 1.82) is 0 Å². The van der Waals surface area contributed by atoms with Crippen molar-refractivity contribution in [3.05, 3.63) is 0 Å². The van der Waals surface area contributed by atoms with E-state index in [1.54, 1.807) is 0 Å². The molecular formula is C23H48O2. The van der Waals surface area contributed by atoms with Crippen molar-refractivity contribution >= 4 is 0 Å². The summed E-state index contributed by atoms with van der Waals surface area (Å²) in [5.74, 6) is 0. The Kier molecular flexibility index (Phi) is 18.6. The zero-order chi connectivity index (χ0) is 18.6. The first-order chi connectivity index (χ1) is 12.2. The minimum Gasteiger partial charge on any atom is -0.393 e. The number of aliphatic hydroxyl groups is 1. The first-order valence-corrected chi connectivity index (χ1v) is 11.4. The van der Waals surface area contributed by atoms with Crippen LogP contribution in [0.2, 0.25) is 0 Å². The first kappa shape index (κ1) is 24.9. The van der Waals surface area contributed by atoms with Gasteiger partial charge in [-0.3, -0.25) is 0 Å². The van der Waals surface area contributed by atoms with E-state index in [1.807, 2.05) is 6.92 Å². The van der Waals surface area contributed by atoms with Gasteiger partial charge in [0.05, 0.1) is 12.2 Å². The van der Waals surface area contributed by atoms with Crippen LogP contribution in [0.5, 0.6) is 0 Å². The highest BCUT2D eigenvalue weighted by Crippen LogP contribution is 2.16. The third-order valence-corrected chi connectivity index (χ3v) is 5.53. The van der Waals surface area contributed by atoms with E-state index in [9.17, 15) is 5.11 Å². The van der Waals surface area contributed by atoms with Gasteiger partial charge in [0.15, 0.2) is 0 Å². The van der Waals surface area contributed by atoms with Gasteiger partial charge in [0, 0.05) is 6.61 Å². The molecule has 0 heterocycles. The maximum Gasteiger partial charge on any atom is 0.0881 e. The second-order valence-corrected chi connectivity index (χ2v) is 8.11. The Bertz CT molecular complexity index is 248. The molecule has 0 aromatic carbocycles. The predicted octanol–water partition coefficient (Wildman–Crippen LogP) is 7.43. The summed E-state index contributed by atoms with van der Waals surface area (Å²) in [5, 5.41) is 9.30. The van der Waals surface area contributed by atoms with Gasteiger partial charge in [-0.2, -0.15) is 0 Å². The van der Waals surface area contributed by atoms with Crippen molar-refractivity contribution in [2.75, 3.05) is 13.2 Å². The van der Waals surface area contributed by atoms with Gasteiger partial charge in [-0.1, -0.05) is 110 Å². The molecule has 0 aromatic heterocycles. The van der Waals surface area contributed by atoms with E-state index < -0.39 is 0 Å². The lowest BCUT2D eigenvalue weighted by atomic mass is 10.0. The molecule has 1 N–H and O–H groups in total. The zero-order valence-electron chi connectivity index (χ0n) is 17.8. The molecule has 0 aliphatic heterocycles. The van der Waals surface area contributed by atoms with Gasteiger partial charge in [0.1, 0.15) is 0 Å². The lowest BCUT2D eigenvalue weighted by Crippen LogP contribution is -2.32. The molecule has 0 rings (SSSR count). The molecule has 0 radical (unpaired) electrons. The maximum atomic E-state index is 9.30. The number of unbranched alkanes of at least 4 members (excludes halogenated alkanes) is 15. The van der Waals surface area contributed by atoms with Crippen LogP contribution in [0.3, 0.4) is 0 Å². The Morgan fingerprint density at radius 2 is 0.960 bits per heavy atom. The van der Waals surface area contributed by atoms with E-state index in [0.29, 0.717) is 0 Å². The summed E-state index contributed by atoms with van der Waals surface area (Å²) in [6.07, 6.45) is 23.2. The minimum atomic E-state index is -0.324. The van der Waals surface area contributed by atoms with E-state index in [4.69, 9.17) is 4.74 Å². The lowest BCUT2D eigenvalue weighted by Gasteiger charge is -2.26. The number of hydrogen-bond donors (Lipinski definition) is 1. The molecular weight excluding hydrogens is 308 g/mol. The third-order valence-electron chi connectivity index (χ3n) is 5.53. The molecule has 25 heavy (non-hydrogen) atoms. The normalized spacial score (nSPS) is 13.9. The Labute approximate surface area is 159 Å². The van der Waals surface area contributed by atoms with Crippen molar-refractivity contribution < 1.29 is 9.84 Å². The number of rotatable bonds is 20. The Balaban J connectivity index is 3.12. The van der Waals surface area contributed by atoms with Gasteiger partial charge >= 0.3 is 0 Å². The molecule has 0 saturated carbocycles. The molecule has 1 unspecified atom stereocenters. The van der Waals surface area contributed by atoms with Crippen molar-refractivity contribution in [3.8, 4) is 0 Å². The van der Waals surface area contributed by atoms with Crippen LogP contribution in [0.25, 0.3) is 0 Å². The lowest BCUT2D eigenvalue weighted by molar-refractivity contribution is -0.0700. The highest BCUT2D eigenvalue weighted by Gasteiger charge is 2.20. The highest BCUT2D eigenvalue weighted by atomic mass is 16.5. The fourth-order valence-corrected chi connectivity index (χ4v) is 3.23. The molecule has 0 fully saturated rings. The molecule has 0 bridgehead atoms. The van der Waals surface area contributed by atoms with Crippen molar-refractivity contribution in [3.63, 3.8) is 0 Å². The minimum absolute atomic E-state index is 0.127. The summed E-state index contributed by atoms with van der Waals surface area (Å²) in [6.45, 7) is 7.28. The van der Waals surface area contributed by atoms with Gasteiger partial charge < -0.3 is 9.84 Å². The van der Waals surface area contributed by atoms with Crippen LogP contribution in [-0.2, 0) is 4.74 Å². The van der Waals surface area contributed by atoms with E-state index in [1.165, 1.54) is 96.3 Å². The number of ether oxygens (including phenoxy) is 1. The third kappa shape index (κ3) is 17.1. The fourth-order valence-electron chi connectivity index (χ4n) is 3.23. The topological polar surface area (TPSA) is 29.5 Å². The number of hydrogen-bond acceptors (Lipinski definition) is 2. The van der Waals surface area contributed by atoms with Crippen LogP contribution in [0.15, 0.2) is 0 Å². The standard InChI is InChI=1S/C23H48O2/c1-4-6-7-8-9-10-11-12-13-14-15-16-17-18-19-20-21-25-23(3,5-2)22-24/h24H,4-22H2,1-3H3. The second kappa shape index (κ2) is 18.7. The van der Waals surface area contributed by atoms with Crippen molar-refractivity contribution in [2.45, 2.75) is 136 Å². The quantitative estimate of drug-likeness (QED) is 0.230. The Hall–Kier alpha value is -0.0800. The van der Waals surface area contributed by atoms with Gasteiger partial charge in [-0.15, -0.1) is 0 Å². The first-order valence-electron chi connectivity index (χ1n) is 11.4. The average Bonchev–Trinajstić information content (AvgIpc) is 2.64. The van der Waals surface area contributed by atoms with E-state index in [-0.39, 0.29) is 12.2 Å². The van der Waals surface area contributed by atoms with Crippen LogP contribution in [0.1, 0.15) is 130 Å². The van der Waals surface area contributed by atoms with Crippen molar-refractivity contribution in [2.24, 2.45) is 0 Å². The smallest absolute Gasteiger partial charge is 0.0881 e. The largest absolute Gasteiger partial charge is 0.393 e. The molecule has 1 atom stereocenters. The SMILES string of the molecule is CCCCCCCCCCCCCCCCCCOC(C)(CC)CO. The van der Waals surface area contributed by atoms with Gasteiger partial charge in [-0.05, 0) is 19.8 Å². The molecule has 0 aromatic rings. The van der Waals surface area contributed by atoms with Gasteiger partial charge in [-0.25, -0.2) is 0 Å².